The Labute approximate surface area is 172 Å². The van der Waals surface area contributed by atoms with E-state index in [4.69, 9.17) is 23.2 Å². The highest BCUT2D eigenvalue weighted by molar-refractivity contribution is 7.93. The van der Waals surface area contributed by atoms with E-state index in [-0.39, 0.29) is 21.7 Å². The van der Waals surface area contributed by atoms with E-state index in [2.05, 4.69) is 32.8 Å². The first kappa shape index (κ1) is 19.8. The summed E-state index contributed by atoms with van der Waals surface area (Å²) in [5.74, 6) is 0.280. The molecule has 0 fully saturated rings. The van der Waals surface area contributed by atoms with Gasteiger partial charge in [-0.15, -0.1) is 17.7 Å². The van der Waals surface area contributed by atoms with Gasteiger partial charge in [-0.2, -0.15) is 4.98 Å². The van der Waals surface area contributed by atoms with Crippen LogP contribution in [0.4, 0.5) is 17.6 Å². The van der Waals surface area contributed by atoms with Crippen LogP contribution < -0.4 is 10.0 Å². The number of hydrogen-bond acceptors (Lipinski definition) is 6. The Hall–Kier alpha value is -1.94. The molecule has 3 rings (SSSR count). The second kappa shape index (κ2) is 7.59. The van der Waals surface area contributed by atoms with E-state index in [0.717, 1.165) is 0 Å². The first-order chi connectivity index (χ1) is 12.7. The van der Waals surface area contributed by atoms with Crippen molar-refractivity contribution >= 4 is 63.4 Å². The van der Waals surface area contributed by atoms with Crippen LogP contribution >= 0.6 is 35.8 Å². The summed E-state index contributed by atoms with van der Waals surface area (Å²) in [6.07, 6.45) is 0. The molecule has 0 aliphatic carbocycles. The molecule has 7 nitrogen and oxygen atoms in total. The predicted octanol–water partition coefficient (Wildman–Crippen LogP) is 4.26. The van der Waals surface area contributed by atoms with Crippen LogP contribution in [0.3, 0.4) is 0 Å². The van der Waals surface area contributed by atoms with Crippen LogP contribution in [0.5, 0.6) is 0 Å². The second-order valence-electron chi connectivity index (χ2n) is 5.69. The quantitative estimate of drug-likeness (QED) is 0.512. The average molecular weight is 444 g/mol. The number of anilines is 3. The number of aromatic nitrogens is 3. The molecule has 0 saturated heterocycles. The van der Waals surface area contributed by atoms with Gasteiger partial charge in [-0.25, -0.2) is 17.8 Å². The van der Waals surface area contributed by atoms with Gasteiger partial charge in [-0.3, -0.25) is 0 Å². The number of hydrogen-bond donors (Lipinski definition) is 3. The zero-order valence-electron chi connectivity index (χ0n) is 14.2. The van der Waals surface area contributed by atoms with Gasteiger partial charge in [0.25, 0.3) is 10.0 Å². The Morgan fingerprint density at radius 1 is 1.15 bits per heavy atom. The van der Waals surface area contributed by atoms with E-state index in [0.29, 0.717) is 21.3 Å². The predicted molar refractivity (Wildman–Crippen MR) is 110 cm³/mol. The Morgan fingerprint density at radius 2 is 1.81 bits per heavy atom. The van der Waals surface area contributed by atoms with E-state index < -0.39 is 10.0 Å². The Bertz CT molecular complexity index is 1100. The molecule has 11 heteroatoms. The molecule has 0 atom stereocenters. The number of sulfonamides is 1. The number of halogens is 2. The molecule has 0 aliphatic heterocycles. The van der Waals surface area contributed by atoms with Gasteiger partial charge in [-0.05, 0) is 48.9 Å². The molecule has 0 saturated carbocycles. The maximum atomic E-state index is 12.7. The maximum Gasteiger partial charge on any atom is 0.265 e. The van der Waals surface area contributed by atoms with Gasteiger partial charge in [0.2, 0.25) is 11.9 Å². The molecule has 2 N–H and O–H groups in total. The Morgan fingerprint density at radius 3 is 2.48 bits per heavy atom. The second-order valence-corrected chi connectivity index (χ2v) is 8.67. The third-order valence-corrected chi connectivity index (χ3v) is 6.17. The van der Waals surface area contributed by atoms with Crippen LogP contribution in [0.2, 0.25) is 10.0 Å². The fraction of sp³-hybridized carbons (Fsp3) is 0.125. The zero-order chi connectivity index (χ0) is 19.8. The molecule has 0 aliphatic rings. The van der Waals surface area contributed by atoms with Crippen LogP contribution in [-0.2, 0) is 17.1 Å². The number of nitrogens with zero attached hydrogens (tertiary/aromatic N) is 3. The van der Waals surface area contributed by atoms with Crippen molar-refractivity contribution in [2.45, 2.75) is 16.7 Å². The van der Waals surface area contributed by atoms with Crippen molar-refractivity contribution in [3.05, 3.63) is 52.0 Å². The van der Waals surface area contributed by atoms with Crippen LogP contribution in [0.15, 0.2) is 46.2 Å². The van der Waals surface area contributed by atoms with E-state index in [9.17, 15) is 8.42 Å². The largest absolute Gasteiger partial charge is 0.323 e. The van der Waals surface area contributed by atoms with Crippen molar-refractivity contribution < 1.29 is 8.42 Å². The lowest BCUT2D eigenvalue weighted by molar-refractivity contribution is 0.598. The van der Waals surface area contributed by atoms with Crippen LogP contribution in [0, 0.1) is 6.92 Å². The first-order valence-corrected chi connectivity index (χ1v) is 10.3. The molecule has 1 heterocycles. The van der Waals surface area contributed by atoms with Gasteiger partial charge in [0.1, 0.15) is 4.90 Å². The van der Waals surface area contributed by atoms with Crippen molar-refractivity contribution in [2.24, 2.45) is 7.05 Å². The minimum absolute atomic E-state index is 0.00273. The number of aryl methyl sites for hydroxylation is 2. The molecule has 3 aromatic rings. The van der Waals surface area contributed by atoms with Gasteiger partial charge in [0.05, 0.1) is 0 Å². The molecular weight excluding hydrogens is 429 g/mol. The van der Waals surface area contributed by atoms with Crippen molar-refractivity contribution in [1.29, 1.82) is 0 Å². The van der Waals surface area contributed by atoms with Gasteiger partial charge < -0.3 is 5.32 Å². The molecular formula is C16H15Cl2N5O2S2. The van der Waals surface area contributed by atoms with Gasteiger partial charge in [-0.1, -0.05) is 23.2 Å². The first-order valence-electron chi connectivity index (χ1n) is 7.61. The van der Waals surface area contributed by atoms with Crippen LogP contribution in [0.25, 0.3) is 0 Å². The van der Waals surface area contributed by atoms with Crippen molar-refractivity contribution in [3.8, 4) is 0 Å². The standard InChI is InChI=1S/C16H15Cl2N5O2S2/c1-9-7-14(13(26)8-12(9)18)27(24,25)22-16-20-15(21-23(16)2)19-11-5-3-10(17)4-6-11/h3-8,26H,1-2H3,(H2,19,20,21,22). The molecule has 0 radical (unpaired) electrons. The molecule has 27 heavy (non-hydrogen) atoms. The van der Waals surface area contributed by atoms with Crippen molar-refractivity contribution in [1.82, 2.24) is 14.8 Å². The van der Waals surface area contributed by atoms with E-state index >= 15 is 0 Å². The summed E-state index contributed by atoms with van der Waals surface area (Å²) in [6, 6.07) is 9.88. The monoisotopic (exact) mass is 443 g/mol. The lowest BCUT2D eigenvalue weighted by Gasteiger charge is -2.10. The zero-order valence-corrected chi connectivity index (χ0v) is 17.5. The maximum absolute atomic E-state index is 12.7. The third kappa shape index (κ3) is 4.49. The highest BCUT2D eigenvalue weighted by Crippen LogP contribution is 2.28. The lowest BCUT2D eigenvalue weighted by atomic mass is 10.2. The molecule has 2 aromatic carbocycles. The minimum atomic E-state index is -3.92. The highest BCUT2D eigenvalue weighted by Gasteiger charge is 2.22. The van der Waals surface area contributed by atoms with Gasteiger partial charge in [0, 0.05) is 27.7 Å². The molecule has 0 unspecified atom stereocenters. The van der Waals surface area contributed by atoms with Crippen molar-refractivity contribution in [2.75, 3.05) is 10.0 Å². The Kier molecular flexibility index (Phi) is 5.57. The molecule has 0 amide bonds. The van der Waals surface area contributed by atoms with E-state index in [1.807, 2.05) is 0 Å². The average Bonchev–Trinajstić information content (AvgIpc) is 2.91. The van der Waals surface area contributed by atoms with E-state index in [1.165, 1.54) is 16.8 Å². The summed E-state index contributed by atoms with van der Waals surface area (Å²) < 4.78 is 29.2. The lowest BCUT2D eigenvalue weighted by Crippen LogP contribution is -2.17. The van der Waals surface area contributed by atoms with Crippen molar-refractivity contribution in [3.63, 3.8) is 0 Å². The minimum Gasteiger partial charge on any atom is -0.323 e. The third-order valence-electron chi connectivity index (χ3n) is 3.62. The summed E-state index contributed by atoms with van der Waals surface area (Å²) in [7, 11) is -2.35. The highest BCUT2D eigenvalue weighted by atomic mass is 35.5. The summed E-state index contributed by atoms with van der Waals surface area (Å²) in [5, 5.41) is 8.17. The Balaban J connectivity index is 1.86. The number of thiol groups is 1. The van der Waals surface area contributed by atoms with Gasteiger partial charge >= 0.3 is 0 Å². The summed E-state index contributed by atoms with van der Waals surface area (Å²) in [4.78, 5) is 4.41. The summed E-state index contributed by atoms with van der Waals surface area (Å²) >= 11 is 16.1. The van der Waals surface area contributed by atoms with E-state index in [1.54, 1.807) is 38.2 Å². The molecule has 0 bridgehead atoms. The number of rotatable bonds is 5. The smallest absolute Gasteiger partial charge is 0.265 e. The number of benzene rings is 2. The van der Waals surface area contributed by atoms with Crippen LogP contribution in [0.1, 0.15) is 5.56 Å². The van der Waals surface area contributed by atoms with Gasteiger partial charge in [0.15, 0.2) is 0 Å². The summed E-state index contributed by atoms with van der Waals surface area (Å²) in [6.45, 7) is 1.71. The molecule has 1 aromatic heterocycles. The fourth-order valence-corrected chi connectivity index (χ4v) is 4.34. The number of nitrogens with one attached hydrogen (secondary N) is 2. The SMILES string of the molecule is Cc1cc(S(=O)(=O)Nc2nc(Nc3ccc(Cl)cc3)nn2C)c(S)cc1Cl. The fourth-order valence-electron chi connectivity index (χ4n) is 2.22. The summed E-state index contributed by atoms with van der Waals surface area (Å²) in [5.41, 5.74) is 1.34. The molecule has 142 valence electrons. The van der Waals surface area contributed by atoms with Crippen LogP contribution in [-0.4, -0.2) is 23.2 Å². The molecule has 0 spiro atoms. The topological polar surface area (TPSA) is 88.9 Å². The normalized spacial score (nSPS) is 11.4.